The highest BCUT2D eigenvalue weighted by molar-refractivity contribution is 7.86. The van der Waals surface area contributed by atoms with Gasteiger partial charge in [0.15, 0.2) is 0 Å². The maximum absolute atomic E-state index is 12.9. The van der Waals surface area contributed by atoms with E-state index in [1.165, 1.54) is 17.4 Å². The van der Waals surface area contributed by atoms with Crippen LogP contribution in [-0.4, -0.2) is 49.6 Å². The van der Waals surface area contributed by atoms with Crippen LogP contribution in [0, 0.1) is 5.92 Å². The molecule has 0 spiro atoms. The first kappa shape index (κ1) is 21.9. The monoisotopic (exact) mass is 427 g/mol. The van der Waals surface area contributed by atoms with Crippen LogP contribution in [0.4, 0.5) is 18.9 Å². The van der Waals surface area contributed by atoms with Crippen molar-refractivity contribution in [3.8, 4) is 0 Å². The fraction of sp³-hybridized carbons (Fsp3) is 0.562. The first-order valence-electron chi connectivity index (χ1n) is 8.29. The van der Waals surface area contributed by atoms with Crippen LogP contribution in [0.5, 0.6) is 0 Å². The van der Waals surface area contributed by atoms with Gasteiger partial charge in [0, 0.05) is 25.8 Å². The van der Waals surface area contributed by atoms with E-state index < -0.39 is 39.4 Å². The van der Waals surface area contributed by atoms with Gasteiger partial charge >= 0.3 is 6.18 Å². The van der Waals surface area contributed by atoms with Crippen LogP contribution in [0.3, 0.4) is 0 Å². The van der Waals surface area contributed by atoms with Gasteiger partial charge in [0.25, 0.3) is 10.2 Å². The van der Waals surface area contributed by atoms with Crippen molar-refractivity contribution < 1.29 is 26.4 Å². The lowest BCUT2D eigenvalue weighted by atomic mass is 10.0. The van der Waals surface area contributed by atoms with Crippen LogP contribution in [0.15, 0.2) is 18.2 Å². The Labute approximate surface area is 161 Å². The zero-order valence-electron chi connectivity index (χ0n) is 14.9. The molecule has 152 valence electrons. The number of nitrogens with one attached hydrogen (secondary N) is 1. The predicted molar refractivity (Wildman–Crippen MR) is 96.6 cm³/mol. The summed E-state index contributed by atoms with van der Waals surface area (Å²) in [5, 5.41) is 1.79. The number of carbonyl (C=O) groups excluding carboxylic acids is 1. The number of rotatable bonds is 5. The van der Waals surface area contributed by atoms with E-state index in [0.717, 1.165) is 23.2 Å². The number of likely N-dealkylation sites (N-methyl/N-ethyl adjacent to an activating group) is 1. The number of nitrogens with zero attached hydrogens (tertiary/aromatic N) is 2. The molecule has 1 aliphatic rings. The average Bonchev–Trinajstić information content (AvgIpc) is 2.55. The summed E-state index contributed by atoms with van der Waals surface area (Å²) < 4.78 is 66.0. The molecule has 27 heavy (non-hydrogen) atoms. The summed E-state index contributed by atoms with van der Waals surface area (Å²) in [7, 11) is -2.55. The lowest BCUT2D eigenvalue weighted by Crippen LogP contribution is -2.48. The molecular weight excluding hydrogens is 407 g/mol. The minimum atomic E-state index is -4.66. The van der Waals surface area contributed by atoms with Crippen LogP contribution < -0.4 is 5.32 Å². The molecule has 1 aromatic carbocycles. The molecule has 0 aliphatic carbocycles. The molecule has 2 rings (SSSR count). The average molecular weight is 428 g/mol. The zero-order chi connectivity index (χ0) is 20.4. The number of piperidine rings is 1. The van der Waals surface area contributed by atoms with Crippen LogP contribution >= 0.6 is 11.6 Å². The van der Waals surface area contributed by atoms with E-state index in [1.54, 1.807) is 0 Å². The van der Waals surface area contributed by atoms with Gasteiger partial charge in [-0.15, -0.1) is 0 Å². The summed E-state index contributed by atoms with van der Waals surface area (Å²) >= 11 is 5.53. The van der Waals surface area contributed by atoms with Crippen LogP contribution in [-0.2, 0) is 21.2 Å². The molecule has 1 saturated heterocycles. The number of benzene rings is 1. The molecule has 1 fully saturated rings. The second-order valence-electron chi connectivity index (χ2n) is 6.61. The van der Waals surface area contributed by atoms with Gasteiger partial charge in [-0.1, -0.05) is 18.5 Å². The van der Waals surface area contributed by atoms with Crippen molar-refractivity contribution in [1.82, 2.24) is 8.61 Å². The second kappa shape index (κ2) is 8.34. The van der Waals surface area contributed by atoms with Crippen molar-refractivity contribution in [3.63, 3.8) is 0 Å². The van der Waals surface area contributed by atoms with E-state index in [9.17, 15) is 26.4 Å². The van der Waals surface area contributed by atoms with Crippen molar-refractivity contribution in [3.05, 3.63) is 28.8 Å². The SMILES string of the molecule is CC1CCCN(S(=O)(=O)N(C)CC(=O)Nc2ccc(Cl)c(C(F)(F)F)c2)C1. The van der Waals surface area contributed by atoms with Crippen LogP contribution in [0.1, 0.15) is 25.3 Å². The van der Waals surface area contributed by atoms with Gasteiger partial charge in [-0.25, -0.2) is 0 Å². The molecule has 0 bridgehead atoms. The number of alkyl halides is 3. The number of amides is 1. The molecule has 1 heterocycles. The molecule has 1 unspecified atom stereocenters. The van der Waals surface area contributed by atoms with Crippen molar-refractivity contribution in [2.45, 2.75) is 25.9 Å². The highest BCUT2D eigenvalue weighted by atomic mass is 35.5. The van der Waals surface area contributed by atoms with Gasteiger partial charge < -0.3 is 5.32 Å². The predicted octanol–water partition coefficient (Wildman–Crippen LogP) is 3.21. The molecule has 0 radical (unpaired) electrons. The van der Waals surface area contributed by atoms with Gasteiger partial charge in [-0.3, -0.25) is 4.79 Å². The number of carbonyl (C=O) groups is 1. The van der Waals surface area contributed by atoms with E-state index in [0.29, 0.717) is 19.2 Å². The smallest absolute Gasteiger partial charge is 0.325 e. The Morgan fingerprint density at radius 2 is 2.07 bits per heavy atom. The molecule has 0 aromatic heterocycles. The van der Waals surface area contributed by atoms with Crippen LogP contribution in [0.2, 0.25) is 5.02 Å². The summed E-state index contributed by atoms with van der Waals surface area (Å²) in [6, 6.07) is 2.95. The fourth-order valence-corrected chi connectivity index (χ4v) is 4.56. The maximum Gasteiger partial charge on any atom is 0.417 e. The Balaban J connectivity index is 2.05. The van der Waals surface area contributed by atoms with Crippen molar-refractivity contribution in [2.24, 2.45) is 5.92 Å². The Morgan fingerprint density at radius 3 is 2.67 bits per heavy atom. The first-order valence-corrected chi connectivity index (χ1v) is 10.1. The lowest BCUT2D eigenvalue weighted by molar-refractivity contribution is -0.137. The van der Waals surface area contributed by atoms with Crippen molar-refractivity contribution in [1.29, 1.82) is 0 Å². The molecule has 1 aromatic rings. The number of anilines is 1. The molecular formula is C16H21ClF3N3O3S. The van der Waals surface area contributed by atoms with E-state index in [1.807, 2.05) is 6.92 Å². The Bertz CT molecular complexity index is 802. The molecule has 1 atom stereocenters. The Hall–Kier alpha value is -1.36. The lowest BCUT2D eigenvalue weighted by Gasteiger charge is -2.32. The van der Waals surface area contributed by atoms with Crippen molar-refractivity contribution in [2.75, 3.05) is 32.0 Å². The Kier molecular flexibility index (Phi) is 6.77. The zero-order valence-corrected chi connectivity index (χ0v) is 16.5. The van der Waals surface area contributed by atoms with Crippen molar-refractivity contribution >= 4 is 33.4 Å². The van der Waals surface area contributed by atoms with Crippen LogP contribution in [0.25, 0.3) is 0 Å². The van der Waals surface area contributed by atoms with Gasteiger partial charge in [-0.2, -0.15) is 30.2 Å². The standard InChI is InChI=1S/C16H21ClF3N3O3S/c1-11-4-3-7-23(9-11)27(25,26)22(2)10-15(24)21-12-5-6-14(17)13(8-12)16(18,19)20/h5-6,8,11H,3-4,7,9-10H2,1-2H3,(H,21,24). The molecule has 1 N–H and O–H groups in total. The topological polar surface area (TPSA) is 69.7 Å². The fourth-order valence-electron chi connectivity index (χ4n) is 2.86. The van der Waals surface area contributed by atoms with E-state index in [2.05, 4.69) is 5.32 Å². The van der Waals surface area contributed by atoms with E-state index in [4.69, 9.17) is 11.6 Å². The Morgan fingerprint density at radius 1 is 1.41 bits per heavy atom. The molecule has 6 nitrogen and oxygen atoms in total. The highest BCUT2D eigenvalue weighted by Gasteiger charge is 2.34. The third kappa shape index (κ3) is 5.56. The maximum atomic E-state index is 12.9. The van der Waals surface area contributed by atoms with E-state index in [-0.39, 0.29) is 11.6 Å². The first-order chi connectivity index (χ1) is 12.4. The number of hydrogen-bond acceptors (Lipinski definition) is 3. The summed E-state index contributed by atoms with van der Waals surface area (Å²) in [5.74, 6) is -0.521. The third-order valence-electron chi connectivity index (χ3n) is 4.26. The molecule has 11 heteroatoms. The molecule has 0 saturated carbocycles. The number of halogens is 4. The summed E-state index contributed by atoms with van der Waals surface area (Å²) in [6.45, 7) is 2.19. The largest absolute Gasteiger partial charge is 0.417 e. The minimum absolute atomic E-state index is 0.117. The summed E-state index contributed by atoms with van der Waals surface area (Å²) in [6.07, 6.45) is -2.98. The normalized spacial score (nSPS) is 19.3. The van der Waals surface area contributed by atoms with E-state index >= 15 is 0 Å². The quantitative estimate of drug-likeness (QED) is 0.784. The summed E-state index contributed by atoms with van der Waals surface area (Å²) in [5.41, 5.74) is -1.20. The van der Waals surface area contributed by atoms with Gasteiger partial charge in [0.05, 0.1) is 17.1 Å². The molecule has 1 amide bonds. The highest BCUT2D eigenvalue weighted by Crippen LogP contribution is 2.36. The van der Waals surface area contributed by atoms with Gasteiger partial charge in [0.1, 0.15) is 0 Å². The summed E-state index contributed by atoms with van der Waals surface area (Å²) in [4.78, 5) is 12.1. The van der Waals surface area contributed by atoms with Gasteiger partial charge in [0.2, 0.25) is 5.91 Å². The third-order valence-corrected chi connectivity index (χ3v) is 6.49. The van der Waals surface area contributed by atoms with Gasteiger partial charge in [-0.05, 0) is 37.0 Å². The molecule has 1 aliphatic heterocycles. The second-order valence-corrected chi connectivity index (χ2v) is 9.05. The minimum Gasteiger partial charge on any atom is -0.325 e. The number of hydrogen-bond donors (Lipinski definition) is 1.